The zero-order valence-corrected chi connectivity index (χ0v) is 16.3. The van der Waals surface area contributed by atoms with Gasteiger partial charge in [-0.3, -0.25) is 9.89 Å². The number of nitrogens with zero attached hydrogens (tertiary/aromatic N) is 2. The van der Waals surface area contributed by atoms with Crippen molar-refractivity contribution in [3.05, 3.63) is 77.1 Å². The number of rotatable bonds is 7. The number of ether oxygens (including phenoxy) is 1. The van der Waals surface area contributed by atoms with Crippen molar-refractivity contribution >= 4 is 18.1 Å². The molecule has 0 aliphatic carbocycles. The topological polar surface area (TPSA) is 86.7 Å². The summed E-state index contributed by atoms with van der Waals surface area (Å²) in [5.74, 6) is -0.298. The molecule has 1 aromatic carbocycles. The molecule has 0 atom stereocenters. The number of nitrogens with two attached hydrogens (primary N) is 1. The Bertz CT molecular complexity index is 879. The van der Waals surface area contributed by atoms with Crippen molar-refractivity contribution < 1.29 is 9.13 Å². The van der Waals surface area contributed by atoms with Crippen molar-refractivity contribution in [3.63, 3.8) is 0 Å². The van der Waals surface area contributed by atoms with Crippen LogP contribution in [-0.2, 0) is 11.3 Å². The van der Waals surface area contributed by atoms with Crippen molar-refractivity contribution in [2.24, 2.45) is 10.7 Å². The Morgan fingerprint density at radius 3 is 2.90 bits per heavy atom. The minimum absolute atomic E-state index is 0.298. The van der Waals surface area contributed by atoms with Crippen LogP contribution in [0.25, 0.3) is 0 Å². The Balaban J connectivity index is 1.69. The smallest absolute Gasteiger partial charge is 0.146 e. The van der Waals surface area contributed by atoms with Gasteiger partial charge >= 0.3 is 0 Å². The fraction of sp³-hybridized carbons (Fsp3) is 0.273. The Labute approximate surface area is 170 Å². The van der Waals surface area contributed by atoms with Crippen molar-refractivity contribution in [3.8, 4) is 0 Å². The third-order valence-corrected chi connectivity index (χ3v) is 4.80. The summed E-state index contributed by atoms with van der Waals surface area (Å²) in [4.78, 5) is 6.45. The quantitative estimate of drug-likeness (QED) is 0.618. The molecule has 1 fully saturated rings. The lowest BCUT2D eigenvalue weighted by Gasteiger charge is -2.26. The van der Waals surface area contributed by atoms with E-state index in [9.17, 15) is 4.39 Å². The van der Waals surface area contributed by atoms with Gasteiger partial charge in [0.2, 0.25) is 0 Å². The summed E-state index contributed by atoms with van der Waals surface area (Å²) in [6.07, 6.45) is 12.0. The van der Waals surface area contributed by atoms with E-state index < -0.39 is 0 Å². The fourth-order valence-corrected chi connectivity index (χ4v) is 3.23. The molecule has 0 unspecified atom stereocenters. The van der Waals surface area contributed by atoms with E-state index in [1.165, 1.54) is 12.4 Å². The van der Waals surface area contributed by atoms with Crippen LogP contribution in [-0.4, -0.2) is 43.6 Å². The second-order valence-corrected chi connectivity index (χ2v) is 6.75. The lowest BCUT2D eigenvalue weighted by atomic mass is 9.98. The van der Waals surface area contributed by atoms with Crippen LogP contribution in [0.2, 0.25) is 0 Å². The van der Waals surface area contributed by atoms with E-state index in [0.717, 1.165) is 43.0 Å². The van der Waals surface area contributed by atoms with E-state index >= 15 is 0 Å². The minimum atomic E-state index is -0.298. The third kappa shape index (κ3) is 5.73. The first-order valence-electron chi connectivity index (χ1n) is 9.57. The highest BCUT2D eigenvalue weighted by Crippen LogP contribution is 2.21. The molecule has 2 heterocycles. The SMILES string of the molecule is N=C/C(=C\N)C1=C(/C=C/Nc2ccc(CN3CCOCC3)cc2F)C=NC=CC1. The third-order valence-electron chi connectivity index (χ3n) is 4.80. The van der Waals surface area contributed by atoms with Gasteiger partial charge in [0.25, 0.3) is 0 Å². The number of halogens is 1. The highest BCUT2D eigenvalue weighted by atomic mass is 19.1. The van der Waals surface area contributed by atoms with Crippen molar-refractivity contribution in [2.75, 3.05) is 31.6 Å². The van der Waals surface area contributed by atoms with Crippen LogP contribution in [0.15, 0.2) is 70.7 Å². The van der Waals surface area contributed by atoms with Crippen LogP contribution in [0, 0.1) is 11.2 Å². The van der Waals surface area contributed by atoms with E-state index in [4.69, 9.17) is 15.9 Å². The maximum absolute atomic E-state index is 14.5. The minimum Gasteiger partial charge on any atom is -0.404 e. The summed E-state index contributed by atoms with van der Waals surface area (Å²) >= 11 is 0. The summed E-state index contributed by atoms with van der Waals surface area (Å²) in [5.41, 5.74) is 9.30. The van der Waals surface area contributed by atoms with Crippen LogP contribution >= 0.6 is 0 Å². The summed E-state index contributed by atoms with van der Waals surface area (Å²) < 4.78 is 19.9. The second-order valence-electron chi connectivity index (χ2n) is 6.75. The van der Waals surface area contributed by atoms with Gasteiger partial charge in [-0.15, -0.1) is 0 Å². The molecule has 0 radical (unpaired) electrons. The normalized spacial score (nSPS) is 18.3. The van der Waals surface area contributed by atoms with Crippen LogP contribution < -0.4 is 11.1 Å². The van der Waals surface area contributed by atoms with Crippen LogP contribution in [0.5, 0.6) is 0 Å². The number of anilines is 1. The van der Waals surface area contributed by atoms with Crippen LogP contribution in [0.4, 0.5) is 10.1 Å². The predicted octanol–water partition coefficient (Wildman–Crippen LogP) is 3.36. The molecule has 0 bridgehead atoms. The maximum Gasteiger partial charge on any atom is 0.146 e. The first-order valence-corrected chi connectivity index (χ1v) is 9.57. The largest absolute Gasteiger partial charge is 0.404 e. The molecule has 7 heteroatoms. The van der Waals surface area contributed by atoms with Gasteiger partial charge in [0.15, 0.2) is 0 Å². The molecule has 29 heavy (non-hydrogen) atoms. The number of hydrogen-bond donors (Lipinski definition) is 3. The lowest BCUT2D eigenvalue weighted by Crippen LogP contribution is -2.35. The van der Waals surface area contributed by atoms with Crippen LogP contribution in [0.3, 0.4) is 0 Å². The number of morpholine rings is 1. The average molecular weight is 395 g/mol. The summed E-state index contributed by atoms with van der Waals surface area (Å²) in [5, 5.41) is 10.5. The fourth-order valence-electron chi connectivity index (χ4n) is 3.23. The molecule has 1 aromatic rings. The number of aliphatic imine (C=N–C) groups is 1. The Hall–Kier alpha value is -3.03. The summed E-state index contributed by atoms with van der Waals surface area (Å²) in [6, 6.07) is 5.24. The molecule has 1 saturated heterocycles. The van der Waals surface area contributed by atoms with Gasteiger partial charge in [0.05, 0.1) is 18.9 Å². The van der Waals surface area contributed by atoms with Gasteiger partial charge in [0, 0.05) is 56.2 Å². The Morgan fingerprint density at radius 2 is 2.17 bits per heavy atom. The molecule has 6 nitrogen and oxygen atoms in total. The van der Waals surface area contributed by atoms with Crippen molar-refractivity contribution in [1.29, 1.82) is 5.41 Å². The van der Waals surface area contributed by atoms with Crippen molar-refractivity contribution in [1.82, 2.24) is 4.90 Å². The van der Waals surface area contributed by atoms with Gasteiger partial charge in [-0.05, 0) is 41.3 Å². The molecule has 2 aliphatic heterocycles. The summed E-state index contributed by atoms with van der Waals surface area (Å²) in [6.45, 7) is 3.90. The van der Waals surface area contributed by atoms with Crippen molar-refractivity contribution in [2.45, 2.75) is 13.0 Å². The molecule has 3 rings (SSSR count). The molecule has 152 valence electrons. The van der Waals surface area contributed by atoms with Gasteiger partial charge in [0.1, 0.15) is 5.82 Å². The molecule has 4 N–H and O–H groups in total. The molecular formula is C22H26FN5O. The molecule has 0 aromatic heterocycles. The van der Waals surface area contributed by atoms with E-state index in [-0.39, 0.29) is 5.82 Å². The van der Waals surface area contributed by atoms with Crippen LogP contribution in [0.1, 0.15) is 12.0 Å². The molecule has 0 amide bonds. The second kappa shape index (κ2) is 10.5. The molecule has 2 aliphatic rings. The van der Waals surface area contributed by atoms with Gasteiger partial charge in [-0.25, -0.2) is 4.39 Å². The average Bonchev–Trinajstić information content (AvgIpc) is 2.97. The first kappa shape index (κ1) is 20.7. The zero-order chi connectivity index (χ0) is 20.5. The van der Waals surface area contributed by atoms with Gasteiger partial charge in [-0.2, -0.15) is 0 Å². The highest BCUT2D eigenvalue weighted by Gasteiger charge is 2.12. The number of benzene rings is 1. The Morgan fingerprint density at radius 1 is 1.34 bits per heavy atom. The number of allylic oxidation sites excluding steroid dienone is 5. The van der Waals surface area contributed by atoms with E-state index in [1.807, 2.05) is 12.1 Å². The first-order chi connectivity index (χ1) is 14.2. The monoisotopic (exact) mass is 395 g/mol. The van der Waals surface area contributed by atoms with Gasteiger partial charge < -0.3 is 21.2 Å². The number of hydrogen-bond acceptors (Lipinski definition) is 6. The lowest BCUT2D eigenvalue weighted by molar-refractivity contribution is 0.0341. The maximum atomic E-state index is 14.5. The predicted molar refractivity (Wildman–Crippen MR) is 116 cm³/mol. The zero-order valence-electron chi connectivity index (χ0n) is 16.3. The molecular weight excluding hydrogens is 369 g/mol. The molecule has 0 spiro atoms. The highest BCUT2D eigenvalue weighted by molar-refractivity contribution is 5.92. The summed E-state index contributed by atoms with van der Waals surface area (Å²) in [7, 11) is 0. The number of nitrogens with one attached hydrogen (secondary N) is 2. The van der Waals surface area contributed by atoms with E-state index in [2.05, 4.69) is 15.2 Å². The van der Waals surface area contributed by atoms with E-state index in [0.29, 0.717) is 24.2 Å². The molecule has 0 saturated carbocycles. The van der Waals surface area contributed by atoms with E-state index in [1.54, 1.807) is 36.8 Å². The van der Waals surface area contributed by atoms with Gasteiger partial charge in [-0.1, -0.05) is 12.1 Å². The standard InChI is InChI=1S/C22H26FN5O/c23-21-12-17(16-28-8-10-29-11-9-28)3-4-22(21)27-7-5-18-15-26-6-1-2-20(18)19(13-24)14-25/h1,3-7,12-15,24,27H,2,8-11,16,25H2/b7-5+,19-14+,24-13?. The Kier molecular flexibility index (Phi) is 7.49.